The molecule has 0 bridgehead atoms. The van der Waals surface area contributed by atoms with Gasteiger partial charge in [0.25, 0.3) is 0 Å². The summed E-state index contributed by atoms with van der Waals surface area (Å²) in [6.45, 7) is 2.31. The molecule has 0 amide bonds. The Kier molecular flexibility index (Phi) is 3.49. The van der Waals surface area contributed by atoms with Crippen LogP contribution in [-0.4, -0.2) is 16.1 Å². The van der Waals surface area contributed by atoms with Crippen LogP contribution in [0.1, 0.15) is 49.6 Å². The van der Waals surface area contributed by atoms with E-state index in [0.717, 1.165) is 53.3 Å². The Bertz CT molecular complexity index is 786. The molecule has 116 valence electrons. The zero-order valence-electron chi connectivity index (χ0n) is 13.2. The van der Waals surface area contributed by atoms with Crippen LogP contribution in [-0.2, 0) is 6.42 Å². The molecule has 0 saturated heterocycles. The smallest absolute Gasteiger partial charge is 0.141 e. The molecule has 0 unspecified atom stereocenters. The summed E-state index contributed by atoms with van der Waals surface area (Å²) >= 11 is 0. The quantitative estimate of drug-likeness (QED) is 0.721. The van der Waals surface area contributed by atoms with Gasteiger partial charge in [0, 0.05) is 24.4 Å². The number of nitrogens with zero attached hydrogens (tertiary/aromatic N) is 3. The predicted molar refractivity (Wildman–Crippen MR) is 87.0 cm³/mol. The fraction of sp³-hybridized carbons (Fsp3) is 0.421. The third kappa shape index (κ3) is 2.57. The first-order chi connectivity index (χ1) is 11.2. The van der Waals surface area contributed by atoms with Gasteiger partial charge in [0.15, 0.2) is 0 Å². The van der Waals surface area contributed by atoms with Crippen molar-refractivity contribution in [3.8, 4) is 22.9 Å². The SMILES string of the molecule is CC1CCC(Oc2ccnc3c2-c2cc(C#N)ncc2C3)CC1. The number of nitriles is 1. The lowest BCUT2D eigenvalue weighted by atomic mass is 9.89. The number of fused-ring (bicyclic) bond motifs is 3. The minimum atomic E-state index is 0.291. The largest absolute Gasteiger partial charge is 0.490 e. The van der Waals surface area contributed by atoms with Crippen LogP contribution in [0.25, 0.3) is 11.1 Å². The lowest BCUT2D eigenvalue weighted by molar-refractivity contribution is 0.136. The van der Waals surface area contributed by atoms with Crippen molar-refractivity contribution in [2.75, 3.05) is 0 Å². The van der Waals surface area contributed by atoms with Gasteiger partial charge in [-0.25, -0.2) is 4.98 Å². The first-order valence-electron chi connectivity index (χ1n) is 8.28. The molecule has 0 N–H and O–H groups in total. The lowest BCUT2D eigenvalue weighted by Gasteiger charge is -2.27. The number of aromatic nitrogens is 2. The second-order valence-electron chi connectivity index (χ2n) is 6.65. The molecule has 2 aromatic heterocycles. The third-order valence-corrected chi connectivity index (χ3v) is 4.98. The molecule has 0 aliphatic heterocycles. The van der Waals surface area contributed by atoms with Gasteiger partial charge in [0.1, 0.15) is 17.5 Å². The monoisotopic (exact) mass is 305 g/mol. The molecule has 2 aliphatic carbocycles. The second kappa shape index (κ2) is 5.66. The van der Waals surface area contributed by atoms with Crippen LogP contribution in [0, 0.1) is 17.2 Å². The van der Waals surface area contributed by atoms with Crippen molar-refractivity contribution >= 4 is 0 Å². The van der Waals surface area contributed by atoms with E-state index in [1.165, 1.54) is 12.8 Å². The maximum Gasteiger partial charge on any atom is 0.141 e. The van der Waals surface area contributed by atoms with Gasteiger partial charge >= 0.3 is 0 Å². The molecule has 1 fully saturated rings. The molecule has 0 aromatic carbocycles. The van der Waals surface area contributed by atoms with Gasteiger partial charge in [0.05, 0.1) is 11.8 Å². The van der Waals surface area contributed by atoms with Gasteiger partial charge in [0.2, 0.25) is 0 Å². The van der Waals surface area contributed by atoms with E-state index in [9.17, 15) is 0 Å². The topological polar surface area (TPSA) is 58.8 Å². The van der Waals surface area contributed by atoms with E-state index in [1.807, 2.05) is 18.3 Å². The maximum absolute atomic E-state index is 9.11. The zero-order valence-corrected chi connectivity index (χ0v) is 13.2. The lowest BCUT2D eigenvalue weighted by Crippen LogP contribution is -2.23. The standard InChI is InChI=1S/C19H19N3O/c1-12-2-4-15(5-3-12)23-18-6-7-21-17-8-13-11-22-14(10-20)9-16(13)19(17)18/h6-7,9,11-12,15H,2-5,8H2,1H3. The van der Waals surface area contributed by atoms with Crippen molar-refractivity contribution in [3.05, 3.63) is 41.5 Å². The van der Waals surface area contributed by atoms with Crippen molar-refractivity contribution in [2.45, 2.75) is 45.1 Å². The molecule has 23 heavy (non-hydrogen) atoms. The summed E-state index contributed by atoms with van der Waals surface area (Å²) in [5.74, 6) is 1.71. The zero-order chi connectivity index (χ0) is 15.8. The van der Waals surface area contributed by atoms with Crippen LogP contribution in [0.2, 0.25) is 0 Å². The van der Waals surface area contributed by atoms with Gasteiger partial charge in [-0.2, -0.15) is 5.26 Å². The summed E-state index contributed by atoms with van der Waals surface area (Å²) < 4.78 is 6.33. The van der Waals surface area contributed by atoms with E-state index in [-0.39, 0.29) is 0 Å². The van der Waals surface area contributed by atoms with Crippen LogP contribution in [0.3, 0.4) is 0 Å². The van der Waals surface area contributed by atoms with Gasteiger partial charge in [-0.05, 0) is 54.9 Å². The Morgan fingerprint density at radius 1 is 1.22 bits per heavy atom. The normalized spacial score (nSPS) is 22.1. The van der Waals surface area contributed by atoms with Gasteiger partial charge in [-0.15, -0.1) is 0 Å². The van der Waals surface area contributed by atoms with E-state index >= 15 is 0 Å². The van der Waals surface area contributed by atoms with Crippen LogP contribution in [0.4, 0.5) is 0 Å². The summed E-state index contributed by atoms with van der Waals surface area (Å²) in [5, 5.41) is 9.11. The van der Waals surface area contributed by atoms with Crippen molar-refractivity contribution in [1.82, 2.24) is 9.97 Å². The highest BCUT2D eigenvalue weighted by Crippen LogP contribution is 2.42. The molecule has 1 saturated carbocycles. The molecule has 4 nitrogen and oxygen atoms in total. The van der Waals surface area contributed by atoms with E-state index < -0.39 is 0 Å². The van der Waals surface area contributed by atoms with Gasteiger partial charge in [-0.1, -0.05) is 6.92 Å². The van der Waals surface area contributed by atoms with E-state index in [0.29, 0.717) is 11.8 Å². The molecule has 2 aromatic rings. The summed E-state index contributed by atoms with van der Waals surface area (Å²) in [7, 11) is 0. The summed E-state index contributed by atoms with van der Waals surface area (Å²) in [6.07, 6.45) is 9.37. The van der Waals surface area contributed by atoms with E-state index in [2.05, 4.69) is 23.0 Å². The molecule has 4 rings (SSSR count). The van der Waals surface area contributed by atoms with Crippen molar-refractivity contribution < 1.29 is 4.74 Å². The Morgan fingerprint density at radius 2 is 2.04 bits per heavy atom. The summed E-state index contributed by atoms with van der Waals surface area (Å²) in [5.41, 5.74) is 4.70. The first kappa shape index (κ1) is 14.2. The molecular formula is C19H19N3O. The average Bonchev–Trinajstić information content (AvgIpc) is 2.95. The maximum atomic E-state index is 9.11. The van der Waals surface area contributed by atoms with Crippen molar-refractivity contribution in [2.24, 2.45) is 5.92 Å². The first-order valence-corrected chi connectivity index (χ1v) is 8.28. The molecule has 0 radical (unpaired) electrons. The molecule has 0 atom stereocenters. The Morgan fingerprint density at radius 3 is 2.83 bits per heavy atom. The highest BCUT2D eigenvalue weighted by atomic mass is 16.5. The third-order valence-electron chi connectivity index (χ3n) is 4.98. The van der Waals surface area contributed by atoms with Crippen molar-refractivity contribution in [3.63, 3.8) is 0 Å². The Balaban J connectivity index is 1.69. The predicted octanol–water partition coefficient (Wildman–Crippen LogP) is 3.88. The molecule has 2 heterocycles. The van der Waals surface area contributed by atoms with E-state index in [4.69, 9.17) is 10.00 Å². The minimum Gasteiger partial charge on any atom is -0.490 e. The molecule has 2 aliphatic rings. The van der Waals surface area contributed by atoms with Gasteiger partial charge < -0.3 is 4.74 Å². The summed E-state index contributed by atoms with van der Waals surface area (Å²) in [4.78, 5) is 8.68. The minimum absolute atomic E-state index is 0.291. The molecule has 0 spiro atoms. The van der Waals surface area contributed by atoms with Crippen LogP contribution in [0.15, 0.2) is 24.5 Å². The highest BCUT2D eigenvalue weighted by Gasteiger charge is 2.27. The fourth-order valence-corrected chi connectivity index (χ4v) is 3.63. The van der Waals surface area contributed by atoms with E-state index in [1.54, 1.807) is 6.20 Å². The number of hydrogen-bond donors (Lipinski definition) is 0. The molecular weight excluding hydrogens is 286 g/mol. The number of pyridine rings is 2. The van der Waals surface area contributed by atoms with Gasteiger partial charge in [-0.3, -0.25) is 4.98 Å². The fourth-order valence-electron chi connectivity index (χ4n) is 3.63. The summed E-state index contributed by atoms with van der Waals surface area (Å²) in [6, 6.07) is 5.94. The number of ether oxygens (including phenoxy) is 1. The average molecular weight is 305 g/mol. The highest BCUT2D eigenvalue weighted by molar-refractivity contribution is 5.80. The van der Waals surface area contributed by atoms with Crippen LogP contribution >= 0.6 is 0 Å². The Hall–Kier alpha value is -2.41. The number of rotatable bonds is 2. The second-order valence-corrected chi connectivity index (χ2v) is 6.65. The Labute approximate surface area is 136 Å². The molecule has 4 heteroatoms. The van der Waals surface area contributed by atoms with Crippen LogP contribution in [0.5, 0.6) is 5.75 Å². The van der Waals surface area contributed by atoms with Crippen molar-refractivity contribution in [1.29, 1.82) is 5.26 Å². The van der Waals surface area contributed by atoms with Crippen LogP contribution < -0.4 is 4.74 Å². The number of hydrogen-bond acceptors (Lipinski definition) is 4.